The Labute approximate surface area is 196 Å². The number of amides is 1. The summed E-state index contributed by atoms with van der Waals surface area (Å²) in [5.74, 6) is -0.274. The Balaban J connectivity index is 1.61. The molecule has 0 fully saturated rings. The summed E-state index contributed by atoms with van der Waals surface area (Å²) in [6.45, 7) is 8.47. The summed E-state index contributed by atoms with van der Waals surface area (Å²) >= 11 is 1.60. The van der Waals surface area contributed by atoms with Crippen LogP contribution >= 0.6 is 11.3 Å². The molecule has 1 aliphatic rings. The molecular formula is C25H29N3O4S. The highest BCUT2D eigenvalue weighted by molar-refractivity contribution is 7.18. The van der Waals surface area contributed by atoms with Crippen LogP contribution < -0.4 is 10.9 Å². The Bertz CT molecular complexity index is 1290. The van der Waals surface area contributed by atoms with Crippen molar-refractivity contribution in [3.05, 3.63) is 57.0 Å². The number of esters is 1. The number of methoxy groups -OCH3 is 1. The van der Waals surface area contributed by atoms with Gasteiger partial charge in [0.05, 0.1) is 24.4 Å². The van der Waals surface area contributed by atoms with Crippen LogP contribution in [0.2, 0.25) is 0 Å². The maximum atomic E-state index is 13.4. The van der Waals surface area contributed by atoms with Gasteiger partial charge in [-0.2, -0.15) is 0 Å². The highest BCUT2D eigenvalue weighted by Gasteiger charge is 2.32. The molecule has 0 bridgehead atoms. The molecular weight excluding hydrogens is 438 g/mol. The van der Waals surface area contributed by atoms with E-state index in [-0.39, 0.29) is 16.9 Å². The van der Waals surface area contributed by atoms with E-state index in [2.05, 4.69) is 31.1 Å². The molecule has 1 aromatic carbocycles. The number of carbonyl (C=O) groups excluding carboxylic acids is 2. The number of nitrogens with one attached hydrogen (secondary N) is 1. The molecule has 1 aliphatic carbocycles. The average Bonchev–Trinajstić information content (AvgIpc) is 3.16. The lowest BCUT2D eigenvalue weighted by Crippen LogP contribution is -2.32. The molecule has 0 radical (unpaired) electrons. The highest BCUT2D eigenvalue weighted by Crippen LogP contribution is 2.42. The van der Waals surface area contributed by atoms with E-state index in [1.54, 1.807) is 42.5 Å². The van der Waals surface area contributed by atoms with Crippen LogP contribution in [-0.2, 0) is 22.4 Å². The zero-order valence-corrected chi connectivity index (χ0v) is 20.4. The number of hydrogen-bond donors (Lipinski definition) is 1. The fourth-order valence-corrected chi connectivity index (χ4v) is 5.67. The van der Waals surface area contributed by atoms with Gasteiger partial charge in [0.1, 0.15) is 10.9 Å². The number of nitrogens with zero attached hydrogens (tertiary/aromatic N) is 2. The van der Waals surface area contributed by atoms with E-state index in [1.165, 1.54) is 22.9 Å². The largest absolute Gasteiger partial charge is 0.465 e. The van der Waals surface area contributed by atoms with Crippen molar-refractivity contribution < 1.29 is 14.3 Å². The van der Waals surface area contributed by atoms with Crippen molar-refractivity contribution in [3.8, 4) is 0 Å². The molecule has 0 saturated carbocycles. The summed E-state index contributed by atoms with van der Waals surface area (Å²) in [4.78, 5) is 44.6. The van der Waals surface area contributed by atoms with Crippen LogP contribution in [0.25, 0.3) is 10.2 Å². The van der Waals surface area contributed by atoms with Gasteiger partial charge >= 0.3 is 5.97 Å². The van der Waals surface area contributed by atoms with Crippen LogP contribution in [0.15, 0.2) is 35.4 Å². The molecule has 3 aromatic rings. The summed E-state index contributed by atoms with van der Waals surface area (Å²) in [6, 6.07) is 5.73. The van der Waals surface area contributed by atoms with E-state index in [0.717, 1.165) is 29.7 Å². The topological polar surface area (TPSA) is 90.3 Å². The van der Waals surface area contributed by atoms with E-state index in [0.29, 0.717) is 22.6 Å². The molecule has 2 unspecified atom stereocenters. The zero-order chi connectivity index (χ0) is 23.9. The molecule has 0 spiro atoms. The second kappa shape index (κ2) is 8.74. The number of ether oxygens (including phenoxy) is 1. The number of rotatable bonds is 4. The average molecular weight is 468 g/mol. The molecule has 4 rings (SSSR count). The molecule has 2 heterocycles. The van der Waals surface area contributed by atoms with Crippen LogP contribution in [0, 0.1) is 11.3 Å². The van der Waals surface area contributed by atoms with E-state index >= 15 is 0 Å². The van der Waals surface area contributed by atoms with Gasteiger partial charge in [-0.3, -0.25) is 14.2 Å². The Morgan fingerprint density at radius 1 is 1.30 bits per heavy atom. The van der Waals surface area contributed by atoms with Gasteiger partial charge in [-0.1, -0.05) is 26.8 Å². The van der Waals surface area contributed by atoms with E-state index in [1.807, 2.05) is 0 Å². The summed E-state index contributed by atoms with van der Waals surface area (Å²) < 4.78 is 6.12. The minimum atomic E-state index is -0.766. The van der Waals surface area contributed by atoms with Crippen molar-refractivity contribution in [3.63, 3.8) is 0 Å². The normalized spacial score (nSPS) is 16.8. The standard InChI is InChI=1S/C25H29N3O4S/c1-14(21(29)27-17-8-6-7-15(11-17)24(31)32-5)28-13-26-22-20(23(28)30)18-10-9-16(25(2,3)4)12-19(18)33-22/h6-8,11,13-14,16H,9-10,12H2,1-5H3,(H,27,29). The number of aromatic nitrogens is 2. The number of aryl methyl sites for hydroxylation is 1. The predicted molar refractivity (Wildman–Crippen MR) is 130 cm³/mol. The van der Waals surface area contributed by atoms with Crippen molar-refractivity contribution in [2.45, 2.75) is 53.0 Å². The molecule has 33 heavy (non-hydrogen) atoms. The minimum absolute atomic E-state index is 0.183. The Morgan fingerprint density at radius 2 is 2.06 bits per heavy atom. The van der Waals surface area contributed by atoms with Gasteiger partial charge in [0.25, 0.3) is 5.56 Å². The van der Waals surface area contributed by atoms with Crippen LogP contribution in [0.4, 0.5) is 5.69 Å². The van der Waals surface area contributed by atoms with E-state index in [4.69, 9.17) is 4.74 Å². The quantitative estimate of drug-likeness (QED) is 0.567. The minimum Gasteiger partial charge on any atom is -0.465 e. The van der Waals surface area contributed by atoms with Crippen LogP contribution in [0.3, 0.4) is 0 Å². The Morgan fingerprint density at radius 3 is 2.76 bits per heavy atom. The molecule has 2 atom stereocenters. The Hall–Kier alpha value is -3.00. The Kier molecular flexibility index (Phi) is 6.14. The number of hydrogen-bond acceptors (Lipinski definition) is 6. The summed E-state index contributed by atoms with van der Waals surface area (Å²) in [7, 11) is 1.30. The lowest BCUT2D eigenvalue weighted by molar-refractivity contribution is -0.118. The van der Waals surface area contributed by atoms with Gasteiger partial charge in [0.2, 0.25) is 5.91 Å². The van der Waals surface area contributed by atoms with Gasteiger partial charge in [0, 0.05) is 10.6 Å². The first-order valence-electron chi connectivity index (χ1n) is 11.1. The second-order valence-electron chi connectivity index (χ2n) is 9.68. The summed E-state index contributed by atoms with van der Waals surface area (Å²) in [6.07, 6.45) is 4.33. The molecule has 174 valence electrons. The fourth-order valence-electron chi connectivity index (χ4n) is 4.41. The summed E-state index contributed by atoms with van der Waals surface area (Å²) in [5, 5.41) is 3.43. The van der Waals surface area contributed by atoms with Crippen molar-refractivity contribution in [2.24, 2.45) is 11.3 Å². The molecule has 1 N–H and O–H groups in total. The van der Waals surface area contributed by atoms with Crippen LogP contribution in [0.1, 0.15) is 61.0 Å². The van der Waals surface area contributed by atoms with Gasteiger partial charge < -0.3 is 10.1 Å². The first kappa shape index (κ1) is 23.2. The number of anilines is 1. The molecule has 8 heteroatoms. The summed E-state index contributed by atoms with van der Waals surface area (Å²) in [5.41, 5.74) is 1.93. The third kappa shape index (κ3) is 4.44. The van der Waals surface area contributed by atoms with Crippen molar-refractivity contribution in [2.75, 3.05) is 12.4 Å². The highest BCUT2D eigenvalue weighted by atomic mass is 32.1. The van der Waals surface area contributed by atoms with Crippen molar-refractivity contribution in [1.82, 2.24) is 9.55 Å². The second-order valence-corrected chi connectivity index (χ2v) is 10.8. The van der Waals surface area contributed by atoms with Gasteiger partial charge in [-0.05, 0) is 61.3 Å². The number of benzene rings is 1. The van der Waals surface area contributed by atoms with E-state index in [9.17, 15) is 14.4 Å². The first-order valence-corrected chi connectivity index (χ1v) is 11.9. The van der Waals surface area contributed by atoms with Gasteiger partial charge in [0.15, 0.2) is 0 Å². The monoisotopic (exact) mass is 467 g/mol. The van der Waals surface area contributed by atoms with Gasteiger partial charge in [-0.25, -0.2) is 9.78 Å². The maximum Gasteiger partial charge on any atom is 0.337 e. The first-order chi connectivity index (χ1) is 15.6. The third-order valence-corrected chi connectivity index (χ3v) is 7.73. The molecule has 1 amide bonds. The van der Waals surface area contributed by atoms with Crippen molar-refractivity contribution >= 4 is 39.1 Å². The van der Waals surface area contributed by atoms with E-state index < -0.39 is 12.0 Å². The van der Waals surface area contributed by atoms with Crippen LogP contribution in [0.5, 0.6) is 0 Å². The third-order valence-electron chi connectivity index (χ3n) is 6.57. The molecule has 7 nitrogen and oxygen atoms in total. The maximum absolute atomic E-state index is 13.4. The lowest BCUT2D eigenvalue weighted by atomic mass is 9.72. The molecule has 2 aromatic heterocycles. The molecule has 0 saturated heterocycles. The van der Waals surface area contributed by atoms with Gasteiger partial charge in [-0.15, -0.1) is 11.3 Å². The smallest absolute Gasteiger partial charge is 0.337 e. The molecule has 0 aliphatic heterocycles. The predicted octanol–water partition coefficient (Wildman–Crippen LogP) is 4.60. The lowest BCUT2D eigenvalue weighted by Gasteiger charge is -2.33. The van der Waals surface area contributed by atoms with Crippen molar-refractivity contribution in [1.29, 1.82) is 0 Å². The number of carbonyl (C=O) groups is 2. The van der Waals surface area contributed by atoms with Crippen LogP contribution in [-0.4, -0.2) is 28.5 Å². The number of thiophene rings is 1. The zero-order valence-electron chi connectivity index (χ0n) is 19.6. The fraction of sp³-hybridized carbons (Fsp3) is 0.440. The number of fused-ring (bicyclic) bond motifs is 3. The SMILES string of the molecule is COC(=O)c1cccc(NC(=O)C(C)n2cnc3sc4c(c3c2=O)CCC(C(C)(C)C)C4)c1.